The van der Waals surface area contributed by atoms with Gasteiger partial charge in [-0.1, -0.05) is 6.07 Å². The fourth-order valence-electron chi connectivity index (χ4n) is 2.03. The van der Waals surface area contributed by atoms with Crippen molar-refractivity contribution in [2.24, 2.45) is 5.14 Å². The molecule has 0 spiro atoms. The minimum Gasteiger partial charge on any atom is -0.478 e. The van der Waals surface area contributed by atoms with Gasteiger partial charge in [0.1, 0.15) is 10.6 Å². The van der Waals surface area contributed by atoms with Crippen LogP contribution in [0.2, 0.25) is 0 Å². The van der Waals surface area contributed by atoms with E-state index >= 15 is 0 Å². The summed E-state index contributed by atoms with van der Waals surface area (Å²) in [5.41, 5.74) is 5.60. The number of carboxylic acid groups (broad SMARTS) is 1. The molecule has 0 unspecified atom stereocenters. The van der Waals surface area contributed by atoms with Crippen LogP contribution in [-0.4, -0.2) is 25.4 Å². The normalized spacial score (nSPS) is 11.0. The lowest BCUT2D eigenvalue weighted by atomic mass is 10.2. The maximum absolute atomic E-state index is 11.8. The molecule has 0 bridgehead atoms. The van der Waals surface area contributed by atoms with Crippen LogP contribution < -0.4 is 20.9 Å². The van der Waals surface area contributed by atoms with E-state index in [4.69, 9.17) is 20.7 Å². The third-order valence-corrected chi connectivity index (χ3v) is 3.93. The van der Waals surface area contributed by atoms with Gasteiger partial charge >= 0.3 is 5.97 Å². The van der Waals surface area contributed by atoms with Crippen LogP contribution in [0.1, 0.15) is 17.3 Å². The number of aromatic carboxylic acids is 1. The number of sulfonamides is 1. The van der Waals surface area contributed by atoms with Crippen molar-refractivity contribution in [3.8, 4) is 11.5 Å². The Morgan fingerprint density at radius 1 is 1.20 bits per heavy atom. The van der Waals surface area contributed by atoms with E-state index in [1.165, 1.54) is 19.1 Å². The Hall–Kier alpha value is -3.11. The van der Waals surface area contributed by atoms with Gasteiger partial charge in [-0.25, -0.2) is 18.4 Å². The number of carboxylic acids is 1. The fraction of sp³-hybridized carbons (Fsp3) is 0.0667. The van der Waals surface area contributed by atoms with Crippen molar-refractivity contribution in [2.45, 2.75) is 11.8 Å². The second-order valence-corrected chi connectivity index (χ2v) is 6.58. The molecule has 0 saturated carbocycles. The van der Waals surface area contributed by atoms with Gasteiger partial charge in [0.2, 0.25) is 15.9 Å². The zero-order valence-electron chi connectivity index (χ0n) is 13.0. The number of carbonyl (C=O) groups is 2. The molecule has 132 valence electrons. The molecule has 0 fully saturated rings. The number of primary sulfonamides is 1. The first-order valence-corrected chi connectivity index (χ1v) is 8.37. The van der Waals surface area contributed by atoms with Gasteiger partial charge in [-0.3, -0.25) is 4.79 Å². The lowest BCUT2D eigenvalue weighted by Gasteiger charge is -2.14. The summed E-state index contributed by atoms with van der Waals surface area (Å²) in [6, 6.07) is 8.04. The number of rotatable bonds is 5. The number of ether oxygens (including phenoxy) is 1. The van der Waals surface area contributed by atoms with Gasteiger partial charge in [-0.2, -0.15) is 0 Å². The highest BCUT2D eigenvalue weighted by Crippen LogP contribution is 2.35. The SMILES string of the molecule is CC(=O)Nc1cccc(Oc2c(N)cc(C(=O)O)cc2S(N)(=O)=O)c1. The van der Waals surface area contributed by atoms with Crippen molar-refractivity contribution in [1.29, 1.82) is 0 Å². The number of carbonyl (C=O) groups excluding carboxylic acids is 1. The van der Waals surface area contributed by atoms with Crippen molar-refractivity contribution in [2.75, 3.05) is 11.1 Å². The van der Waals surface area contributed by atoms with Gasteiger partial charge < -0.3 is 20.9 Å². The van der Waals surface area contributed by atoms with Crippen LogP contribution in [0, 0.1) is 0 Å². The molecule has 2 aromatic carbocycles. The quantitative estimate of drug-likeness (QED) is 0.581. The molecule has 10 heteroatoms. The Balaban J connectivity index is 2.52. The van der Waals surface area contributed by atoms with Gasteiger partial charge in [0.25, 0.3) is 0 Å². The zero-order chi connectivity index (χ0) is 18.8. The summed E-state index contributed by atoms with van der Waals surface area (Å²) in [4.78, 5) is 21.6. The first-order chi connectivity index (χ1) is 11.6. The number of hydrogen-bond donors (Lipinski definition) is 4. The molecule has 0 heterocycles. The van der Waals surface area contributed by atoms with Gasteiger partial charge in [0, 0.05) is 18.7 Å². The Kier molecular flexibility index (Phi) is 4.95. The Morgan fingerprint density at radius 3 is 2.44 bits per heavy atom. The number of hydrogen-bond acceptors (Lipinski definition) is 6. The van der Waals surface area contributed by atoms with Crippen LogP contribution in [0.25, 0.3) is 0 Å². The molecule has 0 aliphatic carbocycles. The van der Waals surface area contributed by atoms with E-state index in [0.717, 1.165) is 12.1 Å². The summed E-state index contributed by atoms with van der Waals surface area (Å²) in [5.74, 6) is -1.79. The number of benzene rings is 2. The van der Waals surface area contributed by atoms with Crippen molar-refractivity contribution in [3.63, 3.8) is 0 Å². The Bertz CT molecular complexity index is 956. The molecule has 25 heavy (non-hydrogen) atoms. The highest BCUT2D eigenvalue weighted by atomic mass is 32.2. The van der Waals surface area contributed by atoms with Crippen molar-refractivity contribution in [3.05, 3.63) is 42.0 Å². The third-order valence-electron chi connectivity index (χ3n) is 3.01. The highest BCUT2D eigenvalue weighted by Gasteiger charge is 2.22. The average molecular weight is 365 g/mol. The maximum atomic E-state index is 11.8. The maximum Gasteiger partial charge on any atom is 0.335 e. The molecular formula is C15H15N3O6S. The molecule has 1 amide bonds. The molecule has 0 saturated heterocycles. The highest BCUT2D eigenvalue weighted by molar-refractivity contribution is 7.89. The predicted octanol–water partition coefficient (Wildman–Crippen LogP) is 1.37. The van der Waals surface area contributed by atoms with E-state index in [9.17, 15) is 18.0 Å². The molecule has 0 aromatic heterocycles. The minimum absolute atomic E-state index is 0.172. The summed E-state index contributed by atoms with van der Waals surface area (Å²) in [7, 11) is -4.30. The average Bonchev–Trinajstić information content (AvgIpc) is 2.47. The molecule has 9 nitrogen and oxygen atoms in total. The van der Waals surface area contributed by atoms with Crippen LogP contribution >= 0.6 is 0 Å². The zero-order valence-corrected chi connectivity index (χ0v) is 13.8. The first-order valence-electron chi connectivity index (χ1n) is 6.83. The summed E-state index contributed by atoms with van der Waals surface area (Å²) >= 11 is 0. The topological polar surface area (TPSA) is 162 Å². The minimum atomic E-state index is -4.30. The van der Waals surface area contributed by atoms with E-state index in [1.54, 1.807) is 12.1 Å². The fourth-order valence-corrected chi connectivity index (χ4v) is 2.74. The molecule has 2 aromatic rings. The monoisotopic (exact) mass is 365 g/mol. The van der Waals surface area contributed by atoms with E-state index in [0.29, 0.717) is 5.69 Å². The lowest BCUT2D eigenvalue weighted by molar-refractivity contribution is -0.114. The summed E-state index contributed by atoms with van der Waals surface area (Å²) in [5, 5.41) is 16.7. The molecule has 2 rings (SSSR count). The molecule has 0 aliphatic rings. The van der Waals surface area contributed by atoms with Gasteiger partial charge in [0.05, 0.1) is 11.3 Å². The summed E-state index contributed by atoms with van der Waals surface area (Å²) in [6.07, 6.45) is 0. The van der Waals surface area contributed by atoms with Gasteiger partial charge in [0.15, 0.2) is 5.75 Å². The van der Waals surface area contributed by atoms with Gasteiger partial charge in [-0.05, 0) is 24.3 Å². The summed E-state index contributed by atoms with van der Waals surface area (Å²) in [6.45, 7) is 1.33. The van der Waals surface area contributed by atoms with Crippen LogP contribution in [0.5, 0.6) is 11.5 Å². The smallest absolute Gasteiger partial charge is 0.335 e. The number of nitrogens with one attached hydrogen (secondary N) is 1. The lowest BCUT2D eigenvalue weighted by Crippen LogP contribution is -2.15. The number of anilines is 2. The van der Waals surface area contributed by atoms with Crippen LogP contribution in [-0.2, 0) is 14.8 Å². The van der Waals surface area contributed by atoms with Crippen molar-refractivity contribution in [1.82, 2.24) is 0 Å². The molecular weight excluding hydrogens is 350 g/mol. The van der Waals surface area contributed by atoms with Crippen LogP contribution in [0.3, 0.4) is 0 Å². The van der Waals surface area contributed by atoms with Gasteiger partial charge in [-0.15, -0.1) is 0 Å². The van der Waals surface area contributed by atoms with Crippen molar-refractivity contribution >= 4 is 33.3 Å². The van der Waals surface area contributed by atoms with E-state index in [1.807, 2.05) is 0 Å². The predicted molar refractivity (Wildman–Crippen MR) is 90.0 cm³/mol. The number of nitrogens with two attached hydrogens (primary N) is 2. The molecule has 6 N–H and O–H groups in total. The van der Waals surface area contributed by atoms with Crippen molar-refractivity contribution < 1.29 is 27.9 Å². The molecule has 0 atom stereocenters. The second kappa shape index (κ2) is 6.79. The van der Waals surface area contributed by atoms with Crippen LogP contribution in [0.15, 0.2) is 41.3 Å². The van der Waals surface area contributed by atoms with Crippen LogP contribution in [0.4, 0.5) is 11.4 Å². The second-order valence-electron chi connectivity index (χ2n) is 5.05. The standard InChI is InChI=1S/C15H15N3O6S/c1-8(19)18-10-3-2-4-11(7-10)24-14-12(16)5-9(15(20)21)6-13(14)25(17,22)23/h2-7H,16H2,1H3,(H,18,19)(H,20,21)(H2,17,22,23). The van der Waals surface area contributed by atoms with E-state index in [2.05, 4.69) is 5.32 Å². The number of nitrogen functional groups attached to an aromatic ring is 1. The third kappa shape index (κ3) is 4.46. The van der Waals surface area contributed by atoms with E-state index < -0.39 is 20.9 Å². The molecule has 0 radical (unpaired) electrons. The summed E-state index contributed by atoms with van der Waals surface area (Å²) < 4.78 is 29.0. The van der Waals surface area contributed by atoms with E-state index in [-0.39, 0.29) is 28.7 Å². The number of amides is 1. The largest absolute Gasteiger partial charge is 0.478 e. The Morgan fingerprint density at radius 2 is 1.88 bits per heavy atom. The molecule has 0 aliphatic heterocycles. The first kappa shape index (κ1) is 18.2. The Labute approximate surface area is 143 Å².